The van der Waals surface area contributed by atoms with Crippen molar-refractivity contribution in [3.63, 3.8) is 0 Å². The summed E-state index contributed by atoms with van der Waals surface area (Å²) in [6.45, 7) is -0.378. The highest BCUT2D eigenvalue weighted by atomic mass is 19.1. The van der Waals surface area contributed by atoms with E-state index in [1.807, 2.05) is 6.07 Å². The van der Waals surface area contributed by atoms with E-state index in [1.165, 1.54) is 34.8 Å². The topological polar surface area (TPSA) is 68.5 Å². The second kappa shape index (κ2) is 7.43. The van der Waals surface area contributed by atoms with E-state index in [4.69, 9.17) is 4.74 Å². The first kappa shape index (κ1) is 17.6. The van der Waals surface area contributed by atoms with Gasteiger partial charge < -0.3 is 4.74 Å². The van der Waals surface area contributed by atoms with Crippen LogP contribution in [0.15, 0.2) is 66.9 Å². The fraction of sp³-hybridized carbons (Fsp3) is 0.0500. The lowest BCUT2D eigenvalue weighted by Gasteiger charge is -2.05. The van der Waals surface area contributed by atoms with Crippen LogP contribution in [0.2, 0.25) is 0 Å². The molecule has 0 aliphatic rings. The lowest BCUT2D eigenvalue weighted by atomic mass is 10.1. The Labute approximate surface area is 158 Å². The molecule has 0 saturated carbocycles. The van der Waals surface area contributed by atoms with Crippen LogP contribution >= 0.6 is 0 Å². The summed E-state index contributed by atoms with van der Waals surface area (Å²) in [5, 5.41) is 6.71. The number of amides is 1. The minimum absolute atomic E-state index is 0.00968. The van der Waals surface area contributed by atoms with Crippen LogP contribution in [0, 0.1) is 11.6 Å². The average molecular weight is 380 g/mol. The predicted octanol–water partition coefficient (Wildman–Crippen LogP) is 3.69. The van der Waals surface area contributed by atoms with Gasteiger partial charge in [0.05, 0.1) is 0 Å². The highest BCUT2D eigenvalue weighted by molar-refractivity contribution is 5.90. The van der Waals surface area contributed by atoms with Crippen LogP contribution in [0.5, 0.6) is 5.75 Å². The zero-order valence-corrected chi connectivity index (χ0v) is 14.5. The van der Waals surface area contributed by atoms with Gasteiger partial charge >= 0.3 is 0 Å². The number of nitrogens with one attached hydrogen (secondary N) is 1. The molecule has 140 valence electrons. The average Bonchev–Trinajstić information content (AvgIpc) is 3.09. The molecule has 4 rings (SSSR count). The van der Waals surface area contributed by atoms with E-state index in [0.717, 1.165) is 11.1 Å². The number of para-hydroxylation sites is 1. The summed E-state index contributed by atoms with van der Waals surface area (Å²) in [6.07, 6.45) is 1.72. The third-order valence-electron chi connectivity index (χ3n) is 3.96. The van der Waals surface area contributed by atoms with Crippen LogP contribution in [0.3, 0.4) is 0 Å². The molecule has 28 heavy (non-hydrogen) atoms. The molecule has 1 N–H and O–H groups in total. The number of fused-ring (bicyclic) bond motifs is 1. The van der Waals surface area contributed by atoms with Gasteiger partial charge in [-0.25, -0.2) is 13.3 Å². The lowest BCUT2D eigenvalue weighted by molar-refractivity contribution is -0.118. The number of carbonyl (C=O) groups excluding carboxylic acids is 1. The molecule has 4 aromatic rings. The standard InChI is InChI=1S/C20H14F2N4O2/c21-15-8-5-13(6-9-15)14-7-10-18-23-20(25-26(18)11-14)24-19(27)12-28-17-4-2-1-3-16(17)22/h1-11H,12H2,(H,24,25,27). The maximum atomic E-state index is 13.5. The Morgan fingerprint density at radius 1 is 1.00 bits per heavy atom. The molecule has 2 aromatic carbocycles. The molecule has 0 radical (unpaired) electrons. The second-order valence-electron chi connectivity index (χ2n) is 5.93. The summed E-state index contributed by atoms with van der Waals surface area (Å²) in [5.41, 5.74) is 2.16. The van der Waals surface area contributed by atoms with Gasteiger partial charge in [0, 0.05) is 11.8 Å². The number of halogens is 2. The second-order valence-corrected chi connectivity index (χ2v) is 5.93. The van der Waals surface area contributed by atoms with Crippen molar-refractivity contribution in [2.75, 3.05) is 11.9 Å². The molecule has 8 heteroatoms. The Morgan fingerprint density at radius 2 is 1.75 bits per heavy atom. The lowest BCUT2D eigenvalue weighted by Crippen LogP contribution is -2.21. The monoisotopic (exact) mass is 380 g/mol. The molecule has 0 unspecified atom stereocenters. The molecule has 1 amide bonds. The number of carbonyl (C=O) groups is 1. The summed E-state index contributed by atoms with van der Waals surface area (Å²) in [6, 6.07) is 15.5. The maximum absolute atomic E-state index is 13.5. The Kier molecular flexibility index (Phi) is 4.67. The van der Waals surface area contributed by atoms with E-state index in [1.54, 1.807) is 30.5 Å². The summed E-state index contributed by atoms with van der Waals surface area (Å²) in [5.74, 6) is -1.29. The van der Waals surface area contributed by atoms with Crippen LogP contribution in [0.25, 0.3) is 16.8 Å². The van der Waals surface area contributed by atoms with Crippen molar-refractivity contribution in [2.24, 2.45) is 0 Å². The normalized spacial score (nSPS) is 10.8. The maximum Gasteiger partial charge on any atom is 0.264 e. The van der Waals surface area contributed by atoms with Gasteiger partial charge in [-0.1, -0.05) is 24.3 Å². The molecule has 0 aliphatic carbocycles. The fourth-order valence-electron chi connectivity index (χ4n) is 2.62. The van der Waals surface area contributed by atoms with Gasteiger partial charge in [-0.05, 0) is 42.0 Å². The van der Waals surface area contributed by atoms with Gasteiger partial charge in [-0.3, -0.25) is 10.1 Å². The Hall–Kier alpha value is -3.81. The summed E-state index contributed by atoms with van der Waals surface area (Å²) >= 11 is 0. The van der Waals surface area contributed by atoms with Crippen molar-refractivity contribution >= 4 is 17.5 Å². The molecule has 0 bridgehead atoms. The van der Waals surface area contributed by atoms with Gasteiger partial charge in [-0.15, -0.1) is 5.10 Å². The minimum Gasteiger partial charge on any atom is -0.481 e. The molecule has 0 fully saturated rings. The number of rotatable bonds is 5. The van der Waals surface area contributed by atoms with E-state index < -0.39 is 11.7 Å². The number of nitrogens with zero attached hydrogens (tertiary/aromatic N) is 3. The SMILES string of the molecule is O=C(COc1ccccc1F)Nc1nc2ccc(-c3ccc(F)cc3)cn2n1. The number of aromatic nitrogens is 3. The fourth-order valence-corrected chi connectivity index (χ4v) is 2.62. The number of hydrogen-bond donors (Lipinski definition) is 1. The van der Waals surface area contributed by atoms with Crippen LogP contribution in [0.1, 0.15) is 0 Å². The van der Waals surface area contributed by atoms with Crippen LogP contribution in [-0.4, -0.2) is 27.1 Å². The third-order valence-corrected chi connectivity index (χ3v) is 3.96. The quantitative estimate of drug-likeness (QED) is 0.573. The van der Waals surface area contributed by atoms with Crippen LogP contribution < -0.4 is 10.1 Å². The van der Waals surface area contributed by atoms with Crippen LogP contribution in [-0.2, 0) is 4.79 Å². The molecular weight excluding hydrogens is 366 g/mol. The first-order valence-electron chi connectivity index (χ1n) is 8.38. The molecule has 0 spiro atoms. The molecule has 2 heterocycles. The van der Waals surface area contributed by atoms with E-state index in [-0.39, 0.29) is 24.1 Å². The minimum atomic E-state index is -0.547. The largest absolute Gasteiger partial charge is 0.481 e. The van der Waals surface area contributed by atoms with Gasteiger partial charge in [0.1, 0.15) is 5.82 Å². The molecular formula is C20H14F2N4O2. The number of ether oxygens (including phenoxy) is 1. The first-order valence-corrected chi connectivity index (χ1v) is 8.38. The molecule has 6 nitrogen and oxygen atoms in total. The number of anilines is 1. The zero-order valence-electron chi connectivity index (χ0n) is 14.5. The van der Waals surface area contributed by atoms with E-state index in [0.29, 0.717) is 5.65 Å². The van der Waals surface area contributed by atoms with Crippen molar-refractivity contribution < 1.29 is 18.3 Å². The first-order chi connectivity index (χ1) is 13.6. The van der Waals surface area contributed by atoms with Gasteiger partial charge in [0.2, 0.25) is 5.95 Å². The Morgan fingerprint density at radius 3 is 2.54 bits per heavy atom. The molecule has 0 atom stereocenters. The number of hydrogen-bond acceptors (Lipinski definition) is 4. The smallest absolute Gasteiger partial charge is 0.264 e. The number of benzene rings is 2. The van der Waals surface area contributed by atoms with Gasteiger partial charge in [0.25, 0.3) is 5.91 Å². The van der Waals surface area contributed by atoms with Crippen molar-refractivity contribution in [1.82, 2.24) is 14.6 Å². The van der Waals surface area contributed by atoms with Gasteiger partial charge in [-0.2, -0.15) is 4.98 Å². The summed E-state index contributed by atoms with van der Waals surface area (Å²) < 4.78 is 33.2. The third kappa shape index (κ3) is 3.80. The molecule has 2 aromatic heterocycles. The highest BCUT2D eigenvalue weighted by Crippen LogP contribution is 2.20. The van der Waals surface area contributed by atoms with E-state index in [2.05, 4.69) is 15.4 Å². The zero-order chi connectivity index (χ0) is 19.5. The molecule has 0 aliphatic heterocycles. The van der Waals surface area contributed by atoms with E-state index in [9.17, 15) is 13.6 Å². The van der Waals surface area contributed by atoms with Crippen LogP contribution in [0.4, 0.5) is 14.7 Å². The highest BCUT2D eigenvalue weighted by Gasteiger charge is 2.11. The van der Waals surface area contributed by atoms with E-state index >= 15 is 0 Å². The summed E-state index contributed by atoms with van der Waals surface area (Å²) in [7, 11) is 0. The van der Waals surface area contributed by atoms with Crippen molar-refractivity contribution in [1.29, 1.82) is 0 Å². The summed E-state index contributed by atoms with van der Waals surface area (Å²) in [4.78, 5) is 16.2. The van der Waals surface area contributed by atoms with Crippen molar-refractivity contribution in [3.05, 3.63) is 78.5 Å². The number of pyridine rings is 1. The predicted molar refractivity (Wildman–Crippen MR) is 98.9 cm³/mol. The van der Waals surface area contributed by atoms with Crippen molar-refractivity contribution in [2.45, 2.75) is 0 Å². The van der Waals surface area contributed by atoms with Crippen molar-refractivity contribution in [3.8, 4) is 16.9 Å². The van der Waals surface area contributed by atoms with Gasteiger partial charge in [0.15, 0.2) is 23.8 Å². The Bertz CT molecular complexity index is 1140. The Balaban J connectivity index is 1.46. The molecule has 0 saturated heterocycles.